The molecule has 4 unspecified atom stereocenters. The molecule has 28 heavy (non-hydrogen) atoms. The predicted molar refractivity (Wildman–Crippen MR) is 103 cm³/mol. The lowest BCUT2D eigenvalue weighted by atomic mass is 9.63. The fourth-order valence-corrected chi connectivity index (χ4v) is 4.77. The summed E-state index contributed by atoms with van der Waals surface area (Å²) in [4.78, 5) is 43.2. The summed E-state index contributed by atoms with van der Waals surface area (Å²) in [7, 11) is 0. The molecule has 7 nitrogen and oxygen atoms in total. The first-order chi connectivity index (χ1) is 13.6. The van der Waals surface area contributed by atoms with E-state index in [2.05, 4.69) is 27.8 Å². The van der Waals surface area contributed by atoms with Gasteiger partial charge in [-0.15, -0.1) is 0 Å². The molecule has 2 aromatic rings. The van der Waals surface area contributed by atoms with Crippen molar-refractivity contribution < 1.29 is 14.4 Å². The fourth-order valence-electron chi connectivity index (χ4n) is 4.77. The van der Waals surface area contributed by atoms with Gasteiger partial charge in [0, 0.05) is 17.3 Å². The topological polar surface area (TPSA) is 91.4 Å². The Morgan fingerprint density at radius 3 is 2.46 bits per heavy atom. The van der Waals surface area contributed by atoms with Gasteiger partial charge < -0.3 is 10.6 Å². The van der Waals surface area contributed by atoms with Crippen LogP contribution in [0.5, 0.6) is 0 Å². The van der Waals surface area contributed by atoms with Gasteiger partial charge in [0.05, 0.1) is 17.4 Å². The molecule has 1 saturated carbocycles. The van der Waals surface area contributed by atoms with E-state index in [-0.39, 0.29) is 42.2 Å². The molecule has 2 fully saturated rings. The highest BCUT2D eigenvalue weighted by atomic mass is 16.2. The summed E-state index contributed by atoms with van der Waals surface area (Å²) >= 11 is 0. The number of hydrogen-bond donors (Lipinski definition) is 2. The number of allylic oxidation sites excluding steroid dienone is 2. The lowest BCUT2D eigenvalue weighted by Crippen LogP contribution is -2.43. The molecular formula is C21H20N4O3. The maximum absolute atomic E-state index is 12.7. The number of hydrogen-bond acceptors (Lipinski definition) is 4. The van der Waals surface area contributed by atoms with Gasteiger partial charge in [-0.25, -0.2) is 4.79 Å². The summed E-state index contributed by atoms with van der Waals surface area (Å²) in [6.45, 7) is -0.106. The van der Waals surface area contributed by atoms with Gasteiger partial charge in [-0.2, -0.15) is 0 Å². The van der Waals surface area contributed by atoms with E-state index in [1.54, 1.807) is 12.3 Å². The number of nitrogens with one attached hydrogen (secondary N) is 2. The monoisotopic (exact) mass is 376 g/mol. The first-order valence-corrected chi connectivity index (χ1v) is 9.55. The van der Waals surface area contributed by atoms with Crippen LogP contribution in [-0.4, -0.2) is 34.4 Å². The van der Waals surface area contributed by atoms with Gasteiger partial charge in [0.1, 0.15) is 6.67 Å². The number of urea groups is 1. The average Bonchev–Trinajstić information content (AvgIpc) is 2.99. The highest BCUT2D eigenvalue weighted by Gasteiger charge is 2.56. The Labute approximate surface area is 161 Å². The van der Waals surface area contributed by atoms with Gasteiger partial charge >= 0.3 is 6.03 Å². The zero-order chi connectivity index (χ0) is 19.3. The molecule has 0 radical (unpaired) electrons. The highest BCUT2D eigenvalue weighted by Crippen LogP contribution is 2.49. The van der Waals surface area contributed by atoms with Crippen LogP contribution in [0.1, 0.15) is 12.8 Å². The normalized spacial score (nSPS) is 27.9. The van der Waals surface area contributed by atoms with Crippen LogP contribution in [-0.2, 0) is 9.59 Å². The van der Waals surface area contributed by atoms with E-state index in [0.717, 1.165) is 23.7 Å². The van der Waals surface area contributed by atoms with E-state index in [4.69, 9.17) is 0 Å². The van der Waals surface area contributed by atoms with Gasteiger partial charge in [0.2, 0.25) is 11.8 Å². The van der Waals surface area contributed by atoms with Crippen LogP contribution in [0.3, 0.4) is 0 Å². The van der Waals surface area contributed by atoms with Crippen molar-refractivity contribution in [2.24, 2.45) is 23.7 Å². The number of likely N-dealkylation sites (tertiary alicyclic amines) is 1. The summed E-state index contributed by atoms with van der Waals surface area (Å²) in [5.41, 5.74) is 1.46. The molecule has 2 heterocycles. The van der Waals surface area contributed by atoms with Crippen LogP contribution < -0.4 is 10.6 Å². The van der Waals surface area contributed by atoms with E-state index >= 15 is 0 Å². The van der Waals surface area contributed by atoms with Gasteiger partial charge in [-0.3, -0.25) is 19.5 Å². The third-order valence-electron chi connectivity index (χ3n) is 6.11. The van der Waals surface area contributed by atoms with Crippen LogP contribution in [0.25, 0.3) is 10.9 Å². The number of aromatic nitrogens is 1. The summed E-state index contributed by atoms with van der Waals surface area (Å²) in [6.07, 6.45) is 7.79. The summed E-state index contributed by atoms with van der Waals surface area (Å²) < 4.78 is 0. The summed E-state index contributed by atoms with van der Waals surface area (Å²) in [5.74, 6) is -0.534. The van der Waals surface area contributed by atoms with Crippen molar-refractivity contribution in [1.82, 2.24) is 15.2 Å². The number of rotatable bonds is 3. The molecule has 0 spiro atoms. The number of amides is 4. The Morgan fingerprint density at radius 1 is 1.07 bits per heavy atom. The van der Waals surface area contributed by atoms with Crippen molar-refractivity contribution in [3.8, 4) is 0 Å². The second-order valence-corrected chi connectivity index (χ2v) is 7.65. The zero-order valence-electron chi connectivity index (χ0n) is 15.2. The minimum Gasteiger partial charge on any atom is -0.320 e. The van der Waals surface area contributed by atoms with Crippen LogP contribution in [0.4, 0.5) is 10.5 Å². The van der Waals surface area contributed by atoms with Gasteiger partial charge in [0.25, 0.3) is 0 Å². The Morgan fingerprint density at radius 2 is 1.79 bits per heavy atom. The smallest absolute Gasteiger partial charge is 0.320 e. The number of imide groups is 1. The van der Waals surface area contributed by atoms with E-state index in [1.165, 1.54) is 4.90 Å². The lowest BCUT2D eigenvalue weighted by molar-refractivity contribution is -0.140. The standard InChI is InChI=1S/C21H20N4O3/c26-19-17-12-3-4-13(6-5-12)18(17)20(27)25(19)11-23-21(28)24-15-7-8-16-14(10-15)2-1-9-22-16/h1-4,7-10,12-13,17-18H,5-6,11H2,(H2,23,24,28). The van der Waals surface area contributed by atoms with Crippen molar-refractivity contribution in [1.29, 1.82) is 0 Å². The Kier molecular flexibility index (Phi) is 3.89. The molecule has 1 aromatic carbocycles. The number of pyridine rings is 1. The number of benzene rings is 1. The second-order valence-electron chi connectivity index (χ2n) is 7.65. The van der Waals surface area contributed by atoms with Crippen molar-refractivity contribution in [3.63, 3.8) is 0 Å². The summed E-state index contributed by atoms with van der Waals surface area (Å²) in [6, 6.07) is 8.70. The third kappa shape index (κ3) is 2.66. The van der Waals surface area contributed by atoms with Crippen molar-refractivity contribution in [2.45, 2.75) is 12.8 Å². The van der Waals surface area contributed by atoms with Crippen molar-refractivity contribution in [2.75, 3.05) is 12.0 Å². The maximum atomic E-state index is 12.7. The first kappa shape index (κ1) is 16.9. The largest absolute Gasteiger partial charge is 0.320 e. The van der Waals surface area contributed by atoms with Crippen LogP contribution in [0.2, 0.25) is 0 Å². The van der Waals surface area contributed by atoms with Crippen LogP contribution in [0, 0.1) is 23.7 Å². The quantitative estimate of drug-likeness (QED) is 0.636. The van der Waals surface area contributed by atoms with Crippen molar-refractivity contribution in [3.05, 3.63) is 48.7 Å². The predicted octanol–water partition coefficient (Wildman–Crippen LogP) is 2.51. The molecule has 4 aliphatic rings. The Balaban J connectivity index is 1.24. The van der Waals surface area contributed by atoms with Gasteiger partial charge in [-0.05, 0) is 48.9 Å². The highest BCUT2D eigenvalue weighted by molar-refractivity contribution is 6.06. The number of nitrogens with zero attached hydrogens (tertiary/aromatic N) is 2. The van der Waals surface area contributed by atoms with E-state index in [9.17, 15) is 14.4 Å². The van der Waals surface area contributed by atoms with Gasteiger partial charge in [-0.1, -0.05) is 18.2 Å². The third-order valence-corrected chi connectivity index (χ3v) is 6.11. The average molecular weight is 376 g/mol. The minimum atomic E-state index is -0.459. The maximum Gasteiger partial charge on any atom is 0.320 e. The molecule has 2 N–H and O–H groups in total. The number of carbonyl (C=O) groups excluding carboxylic acids is 3. The van der Waals surface area contributed by atoms with Crippen molar-refractivity contribution >= 4 is 34.4 Å². The van der Waals surface area contributed by atoms with E-state index in [0.29, 0.717) is 5.69 Å². The lowest BCUT2D eigenvalue weighted by Gasteiger charge is -2.38. The molecule has 1 saturated heterocycles. The zero-order valence-corrected chi connectivity index (χ0v) is 15.2. The number of fused-ring (bicyclic) bond motifs is 2. The molecule has 1 aliphatic heterocycles. The molecule has 4 atom stereocenters. The van der Waals surface area contributed by atoms with Crippen LogP contribution in [0.15, 0.2) is 48.7 Å². The number of carbonyl (C=O) groups is 3. The summed E-state index contributed by atoms with van der Waals surface area (Å²) in [5, 5.41) is 6.29. The molecule has 3 aliphatic carbocycles. The molecule has 2 bridgehead atoms. The molecule has 1 aromatic heterocycles. The second kappa shape index (κ2) is 6.44. The molecule has 6 rings (SSSR count). The molecule has 142 valence electrons. The Bertz CT molecular complexity index is 986. The SMILES string of the molecule is O=C(NCN1C(=O)C2C3C=CC(CC3)C2C1=O)Nc1ccc2ncccc2c1. The minimum absolute atomic E-state index is 0.106. The first-order valence-electron chi connectivity index (χ1n) is 9.55. The molecular weight excluding hydrogens is 356 g/mol. The van der Waals surface area contributed by atoms with Gasteiger partial charge in [0.15, 0.2) is 0 Å². The van der Waals surface area contributed by atoms with E-state index < -0.39 is 6.03 Å². The molecule has 4 amide bonds. The number of anilines is 1. The fraction of sp³-hybridized carbons (Fsp3) is 0.333. The van der Waals surface area contributed by atoms with E-state index in [1.807, 2.05) is 24.3 Å². The molecule has 7 heteroatoms. The van der Waals surface area contributed by atoms with Crippen LogP contribution >= 0.6 is 0 Å². The Hall–Kier alpha value is -3.22.